The second-order valence-electron chi connectivity index (χ2n) is 5.74. The van der Waals surface area contributed by atoms with Gasteiger partial charge in [-0.2, -0.15) is 0 Å². The molecule has 2 N–H and O–H groups in total. The first-order valence-corrected chi connectivity index (χ1v) is 7.57. The Kier molecular flexibility index (Phi) is 7.55. The molecule has 1 aliphatic heterocycles. The van der Waals surface area contributed by atoms with Crippen LogP contribution in [0.3, 0.4) is 0 Å². The van der Waals surface area contributed by atoms with E-state index in [1.54, 1.807) is 0 Å². The van der Waals surface area contributed by atoms with Gasteiger partial charge in [0, 0.05) is 25.7 Å². The van der Waals surface area contributed by atoms with Gasteiger partial charge in [0.15, 0.2) is 0 Å². The van der Waals surface area contributed by atoms with Gasteiger partial charge in [-0.15, -0.1) is 13.2 Å². The fourth-order valence-electron chi connectivity index (χ4n) is 2.70. The Bertz CT molecular complexity index is 312. The third kappa shape index (κ3) is 5.10. The number of nitrogens with one attached hydrogen (secondary N) is 2. The second kappa shape index (κ2) is 8.93. The van der Waals surface area contributed by atoms with Gasteiger partial charge in [0.2, 0.25) is 5.91 Å². The Labute approximate surface area is 123 Å². The van der Waals surface area contributed by atoms with Crippen LogP contribution < -0.4 is 10.6 Å². The summed E-state index contributed by atoms with van der Waals surface area (Å²) in [4.78, 5) is 14.4. The van der Waals surface area contributed by atoms with E-state index in [4.69, 9.17) is 0 Å². The summed E-state index contributed by atoms with van der Waals surface area (Å²) in [5.41, 5.74) is 0. The highest BCUT2D eigenvalue weighted by Gasteiger charge is 2.25. The summed E-state index contributed by atoms with van der Waals surface area (Å²) in [5.74, 6) is 0.594. The molecule has 2 atom stereocenters. The smallest absolute Gasteiger partial charge is 0.237 e. The lowest BCUT2D eigenvalue weighted by molar-refractivity contribution is -0.123. The number of carbonyl (C=O) groups excluding carboxylic acids is 1. The van der Waals surface area contributed by atoms with Crippen LogP contribution in [0, 0.1) is 5.92 Å². The van der Waals surface area contributed by atoms with E-state index in [1.807, 2.05) is 12.2 Å². The van der Waals surface area contributed by atoms with E-state index in [9.17, 15) is 4.79 Å². The molecule has 1 unspecified atom stereocenters. The molecule has 4 heteroatoms. The van der Waals surface area contributed by atoms with E-state index < -0.39 is 0 Å². The lowest BCUT2D eigenvalue weighted by Gasteiger charge is -2.33. The molecule has 0 aromatic rings. The van der Waals surface area contributed by atoms with Gasteiger partial charge < -0.3 is 10.6 Å². The minimum Gasteiger partial charge on any atom is -0.353 e. The van der Waals surface area contributed by atoms with Crippen molar-refractivity contribution in [3.63, 3.8) is 0 Å². The molecule has 0 bridgehead atoms. The van der Waals surface area contributed by atoms with Crippen LogP contribution >= 0.6 is 0 Å². The van der Waals surface area contributed by atoms with Crippen molar-refractivity contribution in [2.24, 2.45) is 5.92 Å². The third-order valence-electron chi connectivity index (χ3n) is 3.83. The number of hydrogen-bond donors (Lipinski definition) is 2. The molecule has 4 nitrogen and oxygen atoms in total. The van der Waals surface area contributed by atoms with E-state index in [-0.39, 0.29) is 11.9 Å². The van der Waals surface area contributed by atoms with Crippen molar-refractivity contribution in [3.8, 4) is 0 Å². The van der Waals surface area contributed by atoms with Crippen molar-refractivity contribution in [1.82, 2.24) is 15.5 Å². The molecular formula is C16H29N3O. The monoisotopic (exact) mass is 279 g/mol. The Balaban J connectivity index is 2.53. The molecule has 1 amide bonds. The average molecular weight is 279 g/mol. The van der Waals surface area contributed by atoms with E-state index in [0.29, 0.717) is 18.5 Å². The van der Waals surface area contributed by atoms with Crippen molar-refractivity contribution in [2.75, 3.05) is 26.2 Å². The zero-order valence-electron chi connectivity index (χ0n) is 12.9. The molecule has 0 aliphatic carbocycles. The van der Waals surface area contributed by atoms with Gasteiger partial charge in [0.1, 0.15) is 0 Å². The molecule has 0 spiro atoms. The minimum atomic E-state index is -0.00456. The first kappa shape index (κ1) is 16.9. The first-order valence-electron chi connectivity index (χ1n) is 7.57. The molecule has 1 rings (SSSR count). The highest BCUT2D eigenvalue weighted by Crippen LogP contribution is 2.11. The quantitative estimate of drug-likeness (QED) is 0.630. The molecular weight excluding hydrogens is 250 g/mol. The van der Waals surface area contributed by atoms with Gasteiger partial charge in [0.25, 0.3) is 0 Å². The van der Waals surface area contributed by atoms with Gasteiger partial charge in [-0.25, -0.2) is 0 Å². The van der Waals surface area contributed by atoms with Crippen molar-refractivity contribution in [2.45, 2.75) is 38.8 Å². The van der Waals surface area contributed by atoms with Crippen LogP contribution in [-0.2, 0) is 4.79 Å². The normalized spacial score (nSPS) is 20.1. The third-order valence-corrected chi connectivity index (χ3v) is 3.83. The van der Waals surface area contributed by atoms with Crippen molar-refractivity contribution in [3.05, 3.63) is 25.3 Å². The second-order valence-corrected chi connectivity index (χ2v) is 5.74. The average Bonchev–Trinajstić information content (AvgIpc) is 2.92. The van der Waals surface area contributed by atoms with Crippen LogP contribution in [0.2, 0.25) is 0 Å². The van der Waals surface area contributed by atoms with Crippen molar-refractivity contribution in [1.29, 1.82) is 0 Å². The lowest BCUT2D eigenvalue weighted by atomic mass is 10.0. The van der Waals surface area contributed by atoms with Crippen LogP contribution in [0.25, 0.3) is 0 Å². The van der Waals surface area contributed by atoms with Crippen LogP contribution in [0.1, 0.15) is 26.7 Å². The van der Waals surface area contributed by atoms with Crippen LogP contribution in [-0.4, -0.2) is 49.1 Å². The van der Waals surface area contributed by atoms with E-state index in [1.165, 1.54) is 0 Å². The Morgan fingerprint density at radius 3 is 2.50 bits per heavy atom. The van der Waals surface area contributed by atoms with E-state index in [2.05, 4.69) is 42.5 Å². The Morgan fingerprint density at radius 2 is 2.05 bits per heavy atom. The largest absolute Gasteiger partial charge is 0.353 e. The van der Waals surface area contributed by atoms with E-state index in [0.717, 1.165) is 32.5 Å². The van der Waals surface area contributed by atoms with Crippen LogP contribution in [0.15, 0.2) is 25.3 Å². The summed E-state index contributed by atoms with van der Waals surface area (Å²) in [6, 6.07) is 0.298. The molecule has 1 fully saturated rings. The molecule has 20 heavy (non-hydrogen) atoms. The molecule has 1 aliphatic rings. The van der Waals surface area contributed by atoms with Gasteiger partial charge in [-0.1, -0.05) is 26.0 Å². The number of rotatable bonds is 9. The summed E-state index contributed by atoms with van der Waals surface area (Å²) in [7, 11) is 0. The van der Waals surface area contributed by atoms with Crippen molar-refractivity contribution >= 4 is 5.91 Å². The molecule has 0 aromatic carbocycles. The number of nitrogens with zero attached hydrogens (tertiary/aromatic N) is 1. The zero-order chi connectivity index (χ0) is 15.0. The molecule has 1 saturated heterocycles. The van der Waals surface area contributed by atoms with Crippen LogP contribution in [0.5, 0.6) is 0 Å². The number of amides is 1. The molecule has 1 heterocycles. The number of hydrogen-bond acceptors (Lipinski definition) is 3. The summed E-state index contributed by atoms with van der Waals surface area (Å²) in [6.07, 6.45) is 5.84. The fraction of sp³-hybridized carbons (Fsp3) is 0.688. The molecule has 0 saturated carbocycles. The standard InChI is InChI=1S/C16H29N3O/c1-5-10-19(11-6-2)15(13(3)4)12-18-16(20)14-8-7-9-17-14/h5-6,13-15,17H,1-2,7-12H2,3-4H3,(H,18,20)/t14-,15?/m0/s1. The first-order chi connectivity index (χ1) is 9.60. The maximum Gasteiger partial charge on any atom is 0.237 e. The summed E-state index contributed by atoms with van der Waals surface area (Å²) >= 11 is 0. The maximum atomic E-state index is 12.1. The molecule has 114 valence electrons. The molecule has 0 aromatic heterocycles. The summed E-state index contributed by atoms with van der Waals surface area (Å²) < 4.78 is 0. The van der Waals surface area contributed by atoms with Gasteiger partial charge >= 0.3 is 0 Å². The predicted molar refractivity (Wildman–Crippen MR) is 84.6 cm³/mol. The highest BCUT2D eigenvalue weighted by atomic mass is 16.2. The summed E-state index contributed by atoms with van der Waals surface area (Å²) in [6.45, 7) is 15.2. The van der Waals surface area contributed by atoms with E-state index >= 15 is 0 Å². The van der Waals surface area contributed by atoms with Gasteiger partial charge in [-0.3, -0.25) is 9.69 Å². The van der Waals surface area contributed by atoms with Gasteiger partial charge in [-0.05, 0) is 25.3 Å². The lowest BCUT2D eigenvalue weighted by Crippen LogP contribution is -2.50. The van der Waals surface area contributed by atoms with Crippen LogP contribution in [0.4, 0.5) is 0 Å². The topological polar surface area (TPSA) is 44.4 Å². The highest BCUT2D eigenvalue weighted by molar-refractivity contribution is 5.82. The van der Waals surface area contributed by atoms with Gasteiger partial charge in [0.05, 0.1) is 6.04 Å². The maximum absolute atomic E-state index is 12.1. The number of carbonyl (C=O) groups is 1. The summed E-state index contributed by atoms with van der Waals surface area (Å²) in [5, 5.41) is 6.32. The fourth-order valence-corrected chi connectivity index (χ4v) is 2.70. The van der Waals surface area contributed by atoms with Crippen molar-refractivity contribution < 1.29 is 4.79 Å². The Hall–Kier alpha value is -1.13. The SMILES string of the molecule is C=CCN(CC=C)C(CNC(=O)[C@@H]1CCCN1)C(C)C. The predicted octanol–water partition coefficient (Wildman–Crippen LogP) is 1.55. The minimum absolute atomic E-state index is 0.00456. The Morgan fingerprint density at radius 1 is 1.40 bits per heavy atom. The molecule has 0 radical (unpaired) electrons. The zero-order valence-corrected chi connectivity index (χ0v) is 12.9.